The zero-order valence-electron chi connectivity index (χ0n) is 16.3. The van der Waals surface area contributed by atoms with Gasteiger partial charge in [0.15, 0.2) is 0 Å². The molecular formula is C21H24N2O5. The van der Waals surface area contributed by atoms with Gasteiger partial charge in [0.1, 0.15) is 17.1 Å². The number of amides is 2. The Morgan fingerprint density at radius 1 is 1.25 bits per heavy atom. The van der Waals surface area contributed by atoms with E-state index >= 15 is 0 Å². The van der Waals surface area contributed by atoms with E-state index in [0.717, 1.165) is 11.1 Å². The Morgan fingerprint density at radius 2 is 1.93 bits per heavy atom. The molecule has 1 aliphatic heterocycles. The molecule has 0 bridgehead atoms. The van der Waals surface area contributed by atoms with Crippen LogP contribution in [0.5, 0.6) is 0 Å². The van der Waals surface area contributed by atoms with Crippen LogP contribution in [-0.2, 0) is 22.7 Å². The lowest BCUT2D eigenvalue weighted by molar-refractivity contribution is -0.135. The average Bonchev–Trinajstić information content (AvgIpc) is 3.19. The van der Waals surface area contributed by atoms with Gasteiger partial charge in [-0.05, 0) is 25.5 Å². The van der Waals surface area contributed by atoms with Crippen LogP contribution in [0, 0.1) is 19.8 Å². The molecule has 1 fully saturated rings. The molecule has 2 aromatic rings. The number of carboxylic acid groups (broad SMARTS) is 1. The van der Waals surface area contributed by atoms with Crippen molar-refractivity contribution in [1.82, 2.24) is 9.80 Å². The minimum absolute atomic E-state index is 0.0330. The minimum Gasteiger partial charge on any atom is -0.478 e. The van der Waals surface area contributed by atoms with Crippen LogP contribution < -0.4 is 0 Å². The lowest BCUT2D eigenvalue weighted by Crippen LogP contribution is -2.34. The molecule has 7 heteroatoms. The monoisotopic (exact) mass is 384 g/mol. The van der Waals surface area contributed by atoms with Crippen LogP contribution in [0.3, 0.4) is 0 Å². The van der Waals surface area contributed by atoms with Crippen molar-refractivity contribution in [2.75, 3.05) is 13.6 Å². The molecule has 0 saturated carbocycles. The summed E-state index contributed by atoms with van der Waals surface area (Å²) in [5.41, 5.74) is 2.29. The summed E-state index contributed by atoms with van der Waals surface area (Å²) >= 11 is 0. The minimum atomic E-state index is -1.06. The van der Waals surface area contributed by atoms with Crippen LogP contribution in [0.25, 0.3) is 0 Å². The summed E-state index contributed by atoms with van der Waals surface area (Å²) in [4.78, 5) is 39.4. The van der Waals surface area contributed by atoms with E-state index in [2.05, 4.69) is 0 Å². The van der Waals surface area contributed by atoms with E-state index in [1.165, 1.54) is 11.0 Å². The molecule has 1 unspecified atom stereocenters. The first kappa shape index (κ1) is 19.7. The number of furan rings is 1. The van der Waals surface area contributed by atoms with Crippen LogP contribution in [0.15, 0.2) is 34.7 Å². The zero-order chi connectivity index (χ0) is 20.4. The van der Waals surface area contributed by atoms with E-state index in [0.29, 0.717) is 24.6 Å². The van der Waals surface area contributed by atoms with Gasteiger partial charge in [-0.1, -0.05) is 29.8 Å². The molecule has 3 rings (SSSR count). The quantitative estimate of drug-likeness (QED) is 0.827. The van der Waals surface area contributed by atoms with Gasteiger partial charge in [0.25, 0.3) is 0 Å². The second-order valence-corrected chi connectivity index (χ2v) is 7.34. The first-order chi connectivity index (χ1) is 13.2. The number of hydrogen-bond donors (Lipinski definition) is 1. The van der Waals surface area contributed by atoms with Gasteiger partial charge in [-0.2, -0.15) is 0 Å². The highest BCUT2D eigenvalue weighted by atomic mass is 16.4. The molecule has 1 atom stereocenters. The normalized spacial score (nSPS) is 16.5. The smallest absolute Gasteiger partial charge is 0.339 e. The lowest BCUT2D eigenvalue weighted by atomic mass is 10.1. The first-order valence-electron chi connectivity index (χ1n) is 9.15. The maximum atomic E-state index is 12.8. The van der Waals surface area contributed by atoms with E-state index in [4.69, 9.17) is 9.52 Å². The number of carbonyl (C=O) groups excluding carboxylic acids is 2. The zero-order valence-corrected chi connectivity index (χ0v) is 16.3. The third-order valence-electron chi connectivity index (χ3n) is 5.03. The number of aryl methyl sites for hydroxylation is 2. The Morgan fingerprint density at radius 3 is 2.54 bits per heavy atom. The molecule has 7 nitrogen and oxygen atoms in total. The molecule has 0 radical (unpaired) electrons. The maximum Gasteiger partial charge on any atom is 0.339 e. The molecular weight excluding hydrogens is 360 g/mol. The number of aromatic carboxylic acids is 1. The van der Waals surface area contributed by atoms with Crippen molar-refractivity contribution in [1.29, 1.82) is 0 Å². The fourth-order valence-electron chi connectivity index (χ4n) is 3.46. The summed E-state index contributed by atoms with van der Waals surface area (Å²) in [5, 5.41) is 9.11. The predicted octanol–water partition coefficient (Wildman–Crippen LogP) is 2.60. The maximum absolute atomic E-state index is 12.8. The number of rotatable bonds is 6. The summed E-state index contributed by atoms with van der Waals surface area (Å²) < 4.78 is 5.44. The summed E-state index contributed by atoms with van der Waals surface area (Å²) in [5.74, 6) is -0.928. The van der Waals surface area contributed by atoms with Crippen LogP contribution in [0.1, 0.15) is 39.4 Å². The van der Waals surface area contributed by atoms with E-state index < -0.39 is 11.9 Å². The molecule has 148 valence electrons. The molecule has 1 aliphatic rings. The molecule has 2 amide bonds. The molecule has 1 saturated heterocycles. The van der Waals surface area contributed by atoms with Crippen molar-refractivity contribution in [3.63, 3.8) is 0 Å². The summed E-state index contributed by atoms with van der Waals surface area (Å²) in [6.07, 6.45) is 0.187. The molecule has 0 aliphatic carbocycles. The number of benzene rings is 1. The molecule has 1 aromatic heterocycles. The lowest BCUT2D eigenvalue weighted by Gasteiger charge is -2.20. The second-order valence-electron chi connectivity index (χ2n) is 7.34. The van der Waals surface area contributed by atoms with Crippen molar-refractivity contribution < 1.29 is 23.9 Å². The van der Waals surface area contributed by atoms with E-state index in [1.807, 2.05) is 31.2 Å². The standard InChI is InChI=1S/C21H24N2O5/c1-13-4-6-15(7-5-13)10-23-11-16(8-19(23)24)20(25)22(3)12-17-9-18(21(26)27)14(2)28-17/h4-7,9,16H,8,10-12H2,1-3H3,(H,26,27). The fraction of sp³-hybridized carbons (Fsp3) is 0.381. The van der Waals surface area contributed by atoms with Crippen molar-refractivity contribution in [3.05, 3.63) is 58.5 Å². The largest absolute Gasteiger partial charge is 0.478 e. The van der Waals surface area contributed by atoms with Crippen LogP contribution >= 0.6 is 0 Å². The number of likely N-dealkylation sites (tertiary alicyclic amines) is 1. The highest BCUT2D eigenvalue weighted by Gasteiger charge is 2.35. The van der Waals surface area contributed by atoms with Gasteiger partial charge >= 0.3 is 5.97 Å². The molecule has 1 N–H and O–H groups in total. The van der Waals surface area contributed by atoms with Gasteiger partial charge < -0.3 is 19.3 Å². The second kappa shape index (κ2) is 7.88. The van der Waals surface area contributed by atoms with E-state index in [9.17, 15) is 14.4 Å². The van der Waals surface area contributed by atoms with Gasteiger partial charge in [0.2, 0.25) is 11.8 Å². The number of hydrogen-bond acceptors (Lipinski definition) is 4. The Labute approximate surface area is 163 Å². The van der Waals surface area contributed by atoms with Crippen LogP contribution in [0.4, 0.5) is 0 Å². The van der Waals surface area contributed by atoms with Gasteiger partial charge in [0, 0.05) is 26.6 Å². The summed E-state index contributed by atoms with van der Waals surface area (Å²) in [6.45, 7) is 4.62. The summed E-state index contributed by atoms with van der Waals surface area (Å²) in [7, 11) is 1.63. The number of carbonyl (C=O) groups is 3. The Balaban J connectivity index is 1.61. The van der Waals surface area contributed by atoms with Crippen LogP contribution in [-0.4, -0.2) is 46.3 Å². The molecule has 2 heterocycles. The van der Waals surface area contributed by atoms with Gasteiger partial charge in [-0.3, -0.25) is 9.59 Å². The fourth-order valence-corrected chi connectivity index (χ4v) is 3.46. The third kappa shape index (κ3) is 4.24. The third-order valence-corrected chi connectivity index (χ3v) is 5.03. The molecule has 0 spiro atoms. The SMILES string of the molecule is Cc1ccc(CN2CC(C(=O)N(C)Cc3cc(C(=O)O)c(C)o3)CC2=O)cc1. The predicted molar refractivity (Wildman–Crippen MR) is 102 cm³/mol. The van der Waals surface area contributed by atoms with Crippen molar-refractivity contribution in [2.45, 2.75) is 33.4 Å². The highest BCUT2D eigenvalue weighted by molar-refractivity contribution is 5.90. The van der Waals surface area contributed by atoms with Crippen molar-refractivity contribution in [2.24, 2.45) is 5.92 Å². The van der Waals surface area contributed by atoms with Gasteiger partial charge in [0.05, 0.1) is 12.5 Å². The van der Waals surface area contributed by atoms with E-state index in [1.54, 1.807) is 18.9 Å². The summed E-state index contributed by atoms with van der Waals surface area (Å²) in [6, 6.07) is 9.42. The van der Waals surface area contributed by atoms with E-state index in [-0.39, 0.29) is 30.3 Å². The molecule has 28 heavy (non-hydrogen) atoms. The Bertz CT molecular complexity index is 900. The van der Waals surface area contributed by atoms with Crippen LogP contribution in [0.2, 0.25) is 0 Å². The topological polar surface area (TPSA) is 91.1 Å². The number of carboxylic acids is 1. The molecule has 1 aromatic carbocycles. The van der Waals surface area contributed by atoms with Crippen molar-refractivity contribution >= 4 is 17.8 Å². The Kier molecular flexibility index (Phi) is 5.53. The number of nitrogens with zero attached hydrogens (tertiary/aromatic N) is 2. The highest BCUT2D eigenvalue weighted by Crippen LogP contribution is 2.23. The average molecular weight is 384 g/mol. The first-order valence-corrected chi connectivity index (χ1v) is 9.15. The van der Waals surface area contributed by atoms with Gasteiger partial charge in [-0.25, -0.2) is 4.79 Å². The van der Waals surface area contributed by atoms with Gasteiger partial charge in [-0.15, -0.1) is 0 Å². The van der Waals surface area contributed by atoms with Crippen molar-refractivity contribution in [3.8, 4) is 0 Å². The Hall–Kier alpha value is -3.09.